The summed E-state index contributed by atoms with van der Waals surface area (Å²) in [6.45, 7) is 7.99. The number of hydrogen-bond acceptors (Lipinski definition) is 3. The van der Waals surface area contributed by atoms with Crippen molar-refractivity contribution < 1.29 is 9.53 Å². The van der Waals surface area contributed by atoms with Crippen molar-refractivity contribution >= 4 is 17.3 Å². The van der Waals surface area contributed by atoms with Crippen molar-refractivity contribution in [2.45, 2.75) is 33.4 Å². The number of anilines is 2. The topological polar surface area (TPSA) is 41.6 Å². The third kappa shape index (κ3) is 4.59. The standard InChI is InChI=1S/C20H26N2O2/c1-5-22(15(2)3)19-12-10-18(11-13-19)21-20(23)17-8-6-16(7-9-17)14-24-4/h6-13,15H,5,14H2,1-4H3,(H,21,23). The van der Waals surface area contributed by atoms with Crippen molar-refractivity contribution in [3.63, 3.8) is 0 Å². The van der Waals surface area contributed by atoms with Crippen LogP contribution in [0.4, 0.5) is 11.4 Å². The lowest BCUT2D eigenvalue weighted by Gasteiger charge is -2.27. The van der Waals surface area contributed by atoms with Gasteiger partial charge in [-0.15, -0.1) is 0 Å². The van der Waals surface area contributed by atoms with Gasteiger partial charge in [-0.25, -0.2) is 0 Å². The molecule has 0 aromatic heterocycles. The number of carbonyl (C=O) groups is 1. The molecule has 1 amide bonds. The quantitative estimate of drug-likeness (QED) is 0.824. The zero-order chi connectivity index (χ0) is 17.5. The van der Waals surface area contributed by atoms with Crippen LogP contribution in [0.1, 0.15) is 36.7 Å². The fourth-order valence-electron chi connectivity index (χ4n) is 2.70. The Morgan fingerprint density at radius 2 is 1.71 bits per heavy atom. The van der Waals surface area contributed by atoms with E-state index >= 15 is 0 Å². The molecule has 0 heterocycles. The maximum Gasteiger partial charge on any atom is 0.255 e. The molecule has 0 bridgehead atoms. The molecule has 0 fully saturated rings. The normalized spacial score (nSPS) is 10.7. The molecule has 0 aliphatic carbocycles. The van der Waals surface area contributed by atoms with Crippen LogP contribution >= 0.6 is 0 Å². The Bertz CT molecular complexity index is 648. The average molecular weight is 326 g/mol. The highest BCUT2D eigenvalue weighted by Crippen LogP contribution is 2.20. The van der Waals surface area contributed by atoms with Crippen LogP contribution in [0.5, 0.6) is 0 Å². The van der Waals surface area contributed by atoms with Crippen LogP contribution in [-0.4, -0.2) is 25.6 Å². The van der Waals surface area contributed by atoms with E-state index in [4.69, 9.17) is 4.74 Å². The van der Waals surface area contributed by atoms with Crippen molar-refractivity contribution in [3.8, 4) is 0 Å². The van der Waals surface area contributed by atoms with Crippen LogP contribution in [0.15, 0.2) is 48.5 Å². The SMILES string of the molecule is CCN(c1ccc(NC(=O)c2ccc(COC)cc2)cc1)C(C)C. The van der Waals surface area contributed by atoms with Gasteiger partial charge in [0.05, 0.1) is 6.61 Å². The summed E-state index contributed by atoms with van der Waals surface area (Å²) in [6.07, 6.45) is 0. The Kier molecular flexibility index (Phi) is 6.38. The molecule has 2 aromatic carbocycles. The molecular formula is C20H26N2O2. The summed E-state index contributed by atoms with van der Waals surface area (Å²) in [6, 6.07) is 15.9. The predicted molar refractivity (Wildman–Crippen MR) is 99.7 cm³/mol. The number of rotatable bonds is 7. The van der Waals surface area contributed by atoms with Gasteiger partial charge in [-0.3, -0.25) is 4.79 Å². The third-order valence-corrected chi connectivity index (χ3v) is 3.95. The summed E-state index contributed by atoms with van der Waals surface area (Å²) in [7, 11) is 1.66. The van der Waals surface area contributed by atoms with Crippen LogP contribution in [0.2, 0.25) is 0 Å². The first-order chi connectivity index (χ1) is 11.5. The van der Waals surface area contributed by atoms with E-state index in [0.717, 1.165) is 23.5 Å². The molecule has 0 spiro atoms. The van der Waals surface area contributed by atoms with Crippen molar-refractivity contribution in [2.24, 2.45) is 0 Å². The molecule has 0 radical (unpaired) electrons. The zero-order valence-electron chi connectivity index (χ0n) is 14.9. The molecule has 2 aromatic rings. The third-order valence-electron chi connectivity index (χ3n) is 3.95. The number of nitrogens with one attached hydrogen (secondary N) is 1. The van der Waals surface area contributed by atoms with E-state index in [0.29, 0.717) is 18.2 Å². The van der Waals surface area contributed by atoms with Crippen LogP contribution in [0.25, 0.3) is 0 Å². The monoisotopic (exact) mass is 326 g/mol. The predicted octanol–water partition coefficient (Wildman–Crippen LogP) is 4.32. The smallest absolute Gasteiger partial charge is 0.255 e. The second-order valence-corrected chi connectivity index (χ2v) is 6.01. The summed E-state index contributed by atoms with van der Waals surface area (Å²) in [5.41, 5.74) is 3.64. The van der Waals surface area contributed by atoms with Gasteiger partial charge in [0.25, 0.3) is 5.91 Å². The molecule has 0 aliphatic heterocycles. The highest BCUT2D eigenvalue weighted by atomic mass is 16.5. The molecule has 4 nitrogen and oxygen atoms in total. The Balaban J connectivity index is 2.03. The van der Waals surface area contributed by atoms with Crippen molar-refractivity contribution in [1.29, 1.82) is 0 Å². The van der Waals surface area contributed by atoms with Crippen LogP contribution in [-0.2, 0) is 11.3 Å². The van der Waals surface area contributed by atoms with Gasteiger partial charge < -0.3 is 15.0 Å². The minimum atomic E-state index is -0.108. The van der Waals surface area contributed by atoms with E-state index < -0.39 is 0 Å². The largest absolute Gasteiger partial charge is 0.380 e. The molecule has 0 unspecified atom stereocenters. The van der Waals surface area contributed by atoms with Crippen molar-refractivity contribution in [3.05, 3.63) is 59.7 Å². The Hall–Kier alpha value is -2.33. The zero-order valence-corrected chi connectivity index (χ0v) is 14.9. The molecule has 0 saturated heterocycles. The first-order valence-corrected chi connectivity index (χ1v) is 8.31. The summed E-state index contributed by atoms with van der Waals surface area (Å²) < 4.78 is 5.08. The highest BCUT2D eigenvalue weighted by Gasteiger charge is 2.09. The minimum absolute atomic E-state index is 0.108. The summed E-state index contributed by atoms with van der Waals surface area (Å²) in [5, 5.41) is 2.93. The first-order valence-electron chi connectivity index (χ1n) is 8.31. The number of amides is 1. The number of hydrogen-bond donors (Lipinski definition) is 1. The molecule has 0 atom stereocenters. The van der Waals surface area contributed by atoms with E-state index in [2.05, 4.69) is 31.0 Å². The molecule has 128 valence electrons. The first kappa shape index (κ1) is 18.0. The van der Waals surface area contributed by atoms with E-state index in [-0.39, 0.29) is 5.91 Å². The number of benzene rings is 2. The van der Waals surface area contributed by atoms with E-state index in [1.165, 1.54) is 0 Å². The molecule has 0 saturated carbocycles. The van der Waals surface area contributed by atoms with Gasteiger partial charge in [0.15, 0.2) is 0 Å². The van der Waals surface area contributed by atoms with Crippen LogP contribution in [0.3, 0.4) is 0 Å². The molecule has 24 heavy (non-hydrogen) atoms. The van der Waals surface area contributed by atoms with Gasteiger partial charge in [0.1, 0.15) is 0 Å². The lowest BCUT2D eigenvalue weighted by molar-refractivity contribution is 0.102. The molecule has 0 aliphatic rings. The molecule has 2 rings (SSSR count). The number of nitrogens with zero attached hydrogens (tertiary/aromatic N) is 1. The van der Waals surface area contributed by atoms with Crippen LogP contribution in [0, 0.1) is 0 Å². The van der Waals surface area contributed by atoms with Gasteiger partial charge in [-0.2, -0.15) is 0 Å². The summed E-state index contributed by atoms with van der Waals surface area (Å²) in [4.78, 5) is 14.6. The van der Waals surface area contributed by atoms with Gasteiger partial charge >= 0.3 is 0 Å². The summed E-state index contributed by atoms with van der Waals surface area (Å²) in [5.74, 6) is -0.108. The Morgan fingerprint density at radius 3 is 2.21 bits per heavy atom. The lowest BCUT2D eigenvalue weighted by Crippen LogP contribution is -2.30. The highest BCUT2D eigenvalue weighted by molar-refractivity contribution is 6.04. The fourth-order valence-corrected chi connectivity index (χ4v) is 2.70. The molecule has 1 N–H and O–H groups in total. The maximum absolute atomic E-state index is 12.3. The van der Waals surface area contributed by atoms with Crippen LogP contribution < -0.4 is 10.2 Å². The lowest BCUT2D eigenvalue weighted by atomic mass is 10.1. The molecular weight excluding hydrogens is 300 g/mol. The van der Waals surface area contributed by atoms with Crippen molar-refractivity contribution in [1.82, 2.24) is 0 Å². The van der Waals surface area contributed by atoms with Gasteiger partial charge in [-0.05, 0) is 62.7 Å². The Morgan fingerprint density at radius 1 is 1.08 bits per heavy atom. The summed E-state index contributed by atoms with van der Waals surface area (Å²) >= 11 is 0. The van der Waals surface area contributed by atoms with E-state index in [1.54, 1.807) is 7.11 Å². The number of carbonyl (C=O) groups excluding carboxylic acids is 1. The van der Waals surface area contributed by atoms with E-state index in [1.807, 2.05) is 48.5 Å². The van der Waals surface area contributed by atoms with Gasteiger partial charge in [-0.1, -0.05) is 12.1 Å². The van der Waals surface area contributed by atoms with E-state index in [9.17, 15) is 4.79 Å². The second kappa shape index (κ2) is 8.50. The minimum Gasteiger partial charge on any atom is -0.380 e. The number of ether oxygens (including phenoxy) is 1. The van der Waals surface area contributed by atoms with Gasteiger partial charge in [0.2, 0.25) is 0 Å². The number of methoxy groups -OCH3 is 1. The second-order valence-electron chi connectivity index (χ2n) is 6.01. The van der Waals surface area contributed by atoms with Gasteiger partial charge in [0, 0.05) is 36.6 Å². The fraction of sp³-hybridized carbons (Fsp3) is 0.350. The Labute approximate surface area is 144 Å². The van der Waals surface area contributed by atoms with Crippen molar-refractivity contribution in [2.75, 3.05) is 23.9 Å². The maximum atomic E-state index is 12.3. The molecule has 4 heteroatoms. The average Bonchev–Trinajstić information content (AvgIpc) is 2.57.